The van der Waals surface area contributed by atoms with Crippen LogP contribution in [0.3, 0.4) is 0 Å². The van der Waals surface area contributed by atoms with Gasteiger partial charge in [0.1, 0.15) is 0 Å². The Morgan fingerprint density at radius 3 is 2.67 bits per heavy atom. The van der Waals surface area contributed by atoms with Gasteiger partial charge in [0, 0.05) is 32.2 Å². The first-order chi connectivity index (χ1) is 10.2. The normalized spacial score (nSPS) is 23.7. The van der Waals surface area contributed by atoms with Gasteiger partial charge in [0.25, 0.3) is 0 Å². The summed E-state index contributed by atoms with van der Waals surface area (Å²) in [5.74, 6) is 0.607. The molecular formula is C18H28N2O. The lowest BCUT2D eigenvalue weighted by molar-refractivity contribution is -0.0301. The molecule has 0 amide bonds. The van der Waals surface area contributed by atoms with Crippen LogP contribution < -0.4 is 5.32 Å². The lowest BCUT2D eigenvalue weighted by Gasteiger charge is -2.33. The van der Waals surface area contributed by atoms with Crippen LogP contribution in [0.5, 0.6) is 0 Å². The number of hydrogen-bond acceptors (Lipinski definition) is 3. The Morgan fingerprint density at radius 1 is 1.24 bits per heavy atom. The maximum absolute atomic E-state index is 5.87. The fourth-order valence-corrected chi connectivity index (χ4v) is 3.03. The summed E-state index contributed by atoms with van der Waals surface area (Å²) >= 11 is 0. The summed E-state index contributed by atoms with van der Waals surface area (Å²) in [5.41, 5.74) is 2.77. The fraction of sp³-hybridized carbons (Fsp3) is 0.667. The van der Waals surface area contributed by atoms with E-state index in [9.17, 15) is 0 Å². The summed E-state index contributed by atoms with van der Waals surface area (Å²) in [6, 6.07) is 9.82. The van der Waals surface area contributed by atoms with E-state index in [-0.39, 0.29) is 0 Å². The van der Waals surface area contributed by atoms with Gasteiger partial charge in [0.15, 0.2) is 0 Å². The van der Waals surface area contributed by atoms with Crippen molar-refractivity contribution in [2.75, 3.05) is 26.2 Å². The molecule has 1 aromatic carbocycles. The first-order valence-corrected chi connectivity index (χ1v) is 8.37. The predicted octanol–water partition coefficient (Wildman–Crippen LogP) is 2.76. The first kappa shape index (κ1) is 15.0. The zero-order valence-electron chi connectivity index (χ0n) is 13.3. The number of morpholine rings is 1. The highest BCUT2D eigenvalue weighted by Crippen LogP contribution is 2.28. The van der Waals surface area contributed by atoms with E-state index in [0.29, 0.717) is 12.0 Å². The summed E-state index contributed by atoms with van der Waals surface area (Å²) in [7, 11) is 0. The minimum Gasteiger partial charge on any atom is -0.374 e. The van der Waals surface area contributed by atoms with Crippen molar-refractivity contribution >= 4 is 0 Å². The minimum atomic E-state index is 0.356. The Labute approximate surface area is 128 Å². The van der Waals surface area contributed by atoms with Gasteiger partial charge in [-0.1, -0.05) is 38.1 Å². The van der Waals surface area contributed by atoms with Gasteiger partial charge in [-0.15, -0.1) is 0 Å². The first-order valence-electron chi connectivity index (χ1n) is 8.37. The summed E-state index contributed by atoms with van der Waals surface area (Å²) < 4.78 is 5.87. The molecule has 0 spiro atoms. The third-order valence-electron chi connectivity index (χ3n) is 4.58. The molecule has 1 unspecified atom stereocenters. The Balaban J connectivity index is 1.40. The molecule has 2 aliphatic rings. The molecule has 1 aromatic rings. The summed E-state index contributed by atoms with van der Waals surface area (Å²) in [6.45, 7) is 9.48. The highest BCUT2D eigenvalue weighted by atomic mass is 16.5. The van der Waals surface area contributed by atoms with Gasteiger partial charge in [-0.3, -0.25) is 4.90 Å². The van der Waals surface area contributed by atoms with Crippen molar-refractivity contribution in [1.82, 2.24) is 10.2 Å². The standard InChI is InChI=1S/C18H28N2O/c1-14(2)16-5-3-15(4-6-16)11-19-12-18-13-20(9-10-21-18)17-7-8-17/h3-6,14,17-19H,7-13H2,1-2H3. The van der Waals surface area contributed by atoms with Crippen molar-refractivity contribution < 1.29 is 4.74 Å². The van der Waals surface area contributed by atoms with Gasteiger partial charge in [-0.2, -0.15) is 0 Å². The molecule has 3 nitrogen and oxygen atoms in total. The van der Waals surface area contributed by atoms with Gasteiger partial charge in [0.2, 0.25) is 0 Å². The zero-order valence-corrected chi connectivity index (χ0v) is 13.3. The Hall–Kier alpha value is -0.900. The van der Waals surface area contributed by atoms with E-state index in [1.54, 1.807) is 0 Å². The van der Waals surface area contributed by atoms with E-state index in [0.717, 1.165) is 38.8 Å². The van der Waals surface area contributed by atoms with Crippen LogP contribution >= 0.6 is 0 Å². The third-order valence-corrected chi connectivity index (χ3v) is 4.58. The van der Waals surface area contributed by atoms with Crippen molar-refractivity contribution in [2.24, 2.45) is 0 Å². The largest absolute Gasteiger partial charge is 0.374 e. The number of hydrogen-bond donors (Lipinski definition) is 1. The van der Waals surface area contributed by atoms with Gasteiger partial charge in [-0.25, -0.2) is 0 Å². The molecule has 0 aromatic heterocycles. The molecule has 1 saturated carbocycles. The number of benzene rings is 1. The molecule has 1 heterocycles. The van der Waals surface area contributed by atoms with Crippen LogP contribution in [0.4, 0.5) is 0 Å². The molecular weight excluding hydrogens is 260 g/mol. The number of nitrogens with one attached hydrogen (secondary N) is 1. The Bertz CT molecular complexity index is 439. The lowest BCUT2D eigenvalue weighted by atomic mass is 10.0. The quantitative estimate of drug-likeness (QED) is 0.871. The molecule has 1 atom stereocenters. The predicted molar refractivity (Wildman–Crippen MR) is 86.6 cm³/mol. The molecule has 3 rings (SSSR count). The van der Waals surface area contributed by atoms with Crippen LogP contribution in [0.2, 0.25) is 0 Å². The smallest absolute Gasteiger partial charge is 0.0826 e. The van der Waals surface area contributed by atoms with E-state index in [1.165, 1.54) is 24.0 Å². The highest BCUT2D eigenvalue weighted by molar-refractivity contribution is 5.24. The molecule has 0 radical (unpaired) electrons. The maximum atomic E-state index is 5.87. The van der Waals surface area contributed by atoms with Crippen molar-refractivity contribution in [3.8, 4) is 0 Å². The van der Waals surface area contributed by atoms with Gasteiger partial charge < -0.3 is 10.1 Å². The molecule has 1 N–H and O–H groups in total. The Kier molecular flexibility index (Phi) is 4.94. The van der Waals surface area contributed by atoms with Crippen LogP contribution in [-0.4, -0.2) is 43.3 Å². The second-order valence-electron chi connectivity index (χ2n) is 6.75. The van der Waals surface area contributed by atoms with Gasteiger partial charge in [0.05, 0.1) is 12.7 Å². The van der Waals surface area contributed by atoms with Crippen molar-refractivity contribution in [1.29, 1.82) is 0 Å². The van der Waals surface area contributed by atoms with Crippen molar-refractivity contribution in [2.45, 2.75) is 51.3 Å². The average molecular weight is 288 g/mol. The molecule has 0 bridgehead atoms. The molecule has 1 aliphatic heterocycles. The second kappa shape index (κ2) is 6.91. The second-order valence-corrected chi connectivity index (χ2v) is 6.75. The number of nitrogens with zero attached hydrogens (tertiary/aromatic N) is 1. The topological polar surface area (TPSA) is 24.5 Å². The zero-order chi connectivity index (χ0) is 14.7. The fourth-order valence-electron chi connectivity index (χ4n) is 3.03. The van der Waals surface area contributed by atoms with E-state index < -0.39 is 0 Å². The molecule has 21 heavy (non-hydrogen) atoms. The molecule has 116 valence electrons. The summed E-state index contributed by atoms with van der Waals surface area (Å²) in [4.78, 5) is 2.60. The monoisotopic (exact) mass is 288 g/mol. The van der Waals surface area contributed by atoms with E-state index in [1.807, 2.05) is 0 Å². The molecule has 1 saturated heterocycles. The lowest BCUT2D eigenvalue weighted by Crippen LogP contribution is -2.47. The van der Waals surface area contributed by atoms with Crippen LogP contribution in [-0.2, 0) is 11.3 Å². The van der Waals surface area contributed by atoms with E-state index >= 15 is 0 Å². The number of ether oxygens (including phenoxy) is 1. The molecule has 2 fully saturated rings. The van der Waals surface area contributed by atoms with E-state index in [4.69, 9.17) is 4.74 Å². The molecule has 1 aliphatic carbocycles. The Morgan fingerprint density at radius 2 is 2.00 bits per heavy atom. The van der Waals surface area contributed by atoms with Crippen molar-refractivity contribution in [3.05, 3.63) is 35.4 Å². The van der Waals surface area contributed by atoms with Crippen LogP contribution in [0.1, 0.15) is 43.7 Å². The van der Waals surface area contributed by atoms with Crippen LogP contribution in [0.25, 0.3) is 0 Å². The van der Waals surface area contributed by atoms with Crippen LogP contribution in [0, 0.1) is 0 Å². The SMILES string of the molecule is CC(C)c1ccc(CNCC2CN(C3CC3)CCO2)cc1. The maximum Gasteiger partial charge on any atom is 0.0826 e. The van der Waals surface area contributed by atoms with Gasteiger partial charge in [-0.05, 0) is 29.9 Å². The summed E-state index contributed by atoms with van der Waals surface area (Å²) in [5, 5.41) is 3.55. The van der Waals surface area contributed by atoms with Crippen molar-refractivity contribution in [3.63, 3.8) is 0 Å². The molecule has 3 heteroatoms. The number of rotatable bonds is 6. The van der Waals surface area contributed by atoms with E-state index in [2.05, 4.69) is 48.3 Å². The highest BCUT2D eigenvalue weighted by Gasteiger charge is 2.32. The average Bonchev–Trinajstić information content (AvgIpc) is 3.33. The van der Waals surface area contributed by atoms with Crippen LogP contribution in [0.15, 0.2) is 24.3 Å². The van der Waals surface area contributed by atoms with Gasteiger partial charge >= 0.3 is 0 Å². The third kappa shape index (κ3) is 4.29. The minimum absolute atomic E-state index is 0.356. The summed E-state index contributed by atoms with van der Waals surface area (Å²) in [6.07, 6.45) is 3.14.